The van der Waals surface area contributed by atoms with E-state index < -0.39 is 27.9 Å². The summed E-state index contributed by atoms with van der Waals surface area (Å²) < 4.78 is 41.4. The number of hydrogen-bond donors (Lipinski definition) is 2. The minimum atomic E-state index is -3.31. The summed E-state index contributed by atoms with van der Waals surface area (Å²) in [6.07, 6.45) is -2.04. The topological polar surface area (TPSA) is 89.6 Å². The molecule has 5 nitrogen and oxygen atoms in total. The Morgan fingerprint density at radius 1 is 1.44 bits per heavy atom. The number of rotatable bonds is 3. The molecule has 0 radical (unpaired) electrons. The Labute approximate surface area is 104 Å². The predicted molar refractivity (Wildman–Crippen MR) is 63.4 cm³/mol. The summed E-state index contributed by atoms with van der Waals surface area (Å²) in [4.78, 5) is 0. The van der Waals surface area contributed by atoms with Crippen molar-refractivity contribution in [2.45, 2.75) is 18.8 Å². The van der Waals surface area contributed by atoms with Gasteiger partial charge in [-0.15, -0.1) is 0 Å². The molecule has 0 aliphatic carbocycles. The number of benzene rings is 1. The van der Waals surface area contributed by atoms with Crippen molar-refractivity contribution in [2.24, 2.45) is 5.73 Å². The van der Waals surface area contributed by atoms with Crippen LogP contribution in [0.4, 0.5) is 4.39 Å². The summed E-state index contributed by atoms with van der Waals surface area (Å²) >= 11 is 0. The fraction of sp³-hybridized carbons (Fsp3) is 0.455. The zero-order valence-corrected chi connectivity index (χ0v) is 10.4. The maximum absolute atomic E-state index is 13.6. The normalized spacial score (nSPS) is 26.2. The lowest BCUT2D eigenvalue weighted by molar-refractivity contribution is 0.0711. The minimum absolute atomic E-state index is 0.0756. The highest BCUT2D eigenvalue weighted by Crippen LogP contribution is 2.23. The molecule has 0 bridgehead atoms. The highest BCUT2D eigenvalue weighted by molar-refractivity contribution is 7.91. The molecule has 1 aliphatic heterocycles. The number of ether oxygens (including phenoxy) is 1. The van der Waals surface area contributed by atoms with Gasteiger partial charge in [-0.2, -0.15) is 0 Å². The highest BCUT2D eigenvalue weighted by atomic mass is 32.2. The molecule has 1 aliphatic rings. The van der Waals surface area contributed by atoms with E-state index >= 15 is 0 Å². The first-order valence-electron chi connectivity index (χ1n) is 5.45. The van der Waals surface area contributed by atoms with Gasteiger partial charge < -0.3 is 15.6 Å². The molecule has 0 aromatic heterocycles. The molecule has 0 amide bonds. The van der Waals surface area contributed by atoms with E-state index in [1.165, 1.54) is 12.1 Å². The average Bonchev–Trinajstić information content (AvgIpc) is 2.54. The second kappa shape index (κ2) is 4.83. The van der Waals surface area contributed by atoms with Crippen LogP contribution in [0.2, 0.25) is 0 Å². The Hall–Kier alpha value is -1.18. The number of hydrogen-bond acceptors (Lipinski definition) is 5. The molecular weight excluding hydrogens is 261 g/mol. The van der Waals surface area contributed by atoms with Gasteiger partial charge in [0.2, 0.25) is 0 Å². The van der Waals surface area contributed by atoms with E-state index in [9.17, 15) is 17.9 Å². The zero-order chi connectivity index (χ0) is 13.3. The molecule has 1 heterocycles. The lowest BCUT2D eigenvalue weighted by atomic mass is 10.2. The van der Waals surface area contributed by atoms with Crippen molar-refractivity contribution in [2.75, 3.05) is 11.5 Å². The summed E-state index contributed by atoms with van der Waals surface area (Å²) in [5, 5.41) is 9.53. The minimum Gasteiger partial charge on any atom is -0.484 e. The monoisotopic (exact) mass is 275 g/mol. The zero-order valence-electron chi connectivity index (χ0n) is 9.54. The van der Waals surface area contributed by atoms with Gasteiger partial charge in [0.25, 0.3) is 0 Å². The van der Waals surface area contributed by atoms with Gasteiger partial charge >= 0.3 is 0 Å². The Morgan fingerprint density at radius 2 is 2.17 bits per heavy atom. The summed E-state index contributed by atoms with van der Waals surface area (Å²) in [6, 6.07) is 4.20. The molecule has 2 atom stereocenters. The van der Waals surface area contributed by atoms with Crippen LogP contribution in [-0.4, -0.2) is 37.2 Å². The molecular formula is C11H14FNO4S. The van der Waals surface area contributed by atoms with Gasteiger partial charge in [0.1, 0.15) is 12.2 Å². The van der Waals surface area contributed by atoms with Crippen LogP contribution in [-0.2, 0) is 16.4 Å². The fourth-order valence-electron chi connectivity index (χ4n) is 1.84. The smallest absolute Gasteiger partial charge is 0.165 e. The molecule has 2 unspecified atom stereocenters. The first kappa shape index (κ1) is 13.3. The number of aliphatic hydroxyl groups excluding tert-OH is 1. The van der Waals surface area contributed by atoms with Crippen LogP contribution in [0, 0.1) is 5.82 Å². The van der Waals surface area contributed by atoms with E-state index in [4.69, 9.17) is 10.5 Å². The standard InChI is InChI=1S/C11H14FNO4S/c12-8-3-7(4-13)1-2-10(8)17-11-6-18(15,16)5-9(11)14/h1-3,9,11,14H,4-6,13H2. The Balaban J connectivity index is 2.15. The molecule has 0 saturated carbocycles. The SMILES string of the molecule is NCc1ccc(OC2CS(=O)(=O)CC2O)c(F)c1. The molecule has 2 rings (SSSR count). The third-order valence-corrected chi connectivity index (χ3v) is 4.47. The summed E-state index contributed by atoms with van der Waals surface area (Å²) in [6.45, 7) is 0.206. The molecule has 1 aromatic carbocycles. The Kier molecular flexibility index (Phi) is 3.56. The van der Waals surface area contributed by atoms with Crippen LogP contribution >= 0.6 is 0 Å². The van der Waals surface area contributed by atoms with Gasteiger partial charge in [0.05, 0.1) is 11.5 Å². The molecule has 3 N–H and O–H groups in total. The molecule has 1 fully saturated rings. The van der Waals surface area contributed by atoms with Gasteiger partial charge in [-0.25, -0.2) is 12.8 Å². The van der Waals surface area contributed by atoms with Gasteiger partial charge in [-0.05, 0) is 17.7 Å². The van der Waals surface area contributed by atoms with Crippen molar-refractivity contribution in [1.82, 2.24) is 0 Å². The quantitative estimate of drug-likeness (QED) is 0.799. The molecule has 18 heavy (non-hydrogen) atoms. The van der Waals surface area contributed by atoms with Crippen molar-refractivity contribution in [1.29, 1.82) is 0 Å². The fourth-order valence-corrected chi connectivity index (χ4v) is 3.50. The van der Waals surface area contributed by atoms with Crippen LogP contribution in [0.3, 0.4) is 0 Å². The van der Waals surface area contributed by atoms with E-state index in [0.29, 0.717) is 5.56 Å². The largest absolute Gasteiger partial charge is 0.484 e. The van der Waals surface area contributed by atoms with Gasteiger partial charge in [-0.3, -0.25) is 0 Å². The van der Waals surface area contributed by atoms with Crippen LogP contribution in [0.5, 0.6) is 5.75 Å². The average molecular weight is 275 g/mol. The summed E-state index contributed by atoms with van der Waals surface area (Å²) in [5.41, 5.74) is 5.97. The highest BCUT2D eigenvalue weighted by Gasteiger charge is 2.38. The maximum atomic E-state index is 13.6. The number of nitrogens with two attached hydrogens (primary N) is 1. The third-order valence-electron chi connectivity index (χ3n) is 2.78. The van der Waals surface area contributed by atoms with E-state index in [-0.39, 0.29) is 23.8 Å². The van der Waals surface area contributed by atoms with Gasteiger partial charge in [-0.1, -0.05) is 6.07 Å². The second-order valence-corrected chi connectivity index (χ2v) is 6.42. The first-order chi connectivity index (χ1) is 8.41. The number of sulfone groups is 1. The molecule has 0 spiro atoms. The van der Waals surface area contributed by atoms with Gasteiger partial charge in [0.15, 0.2) is 21.4 Å². The molecule has 7 heteroatoms. The van der Waals surface area contributed by atoms with Crippen LogP contribution in [0.1, 0.15) is 5.56 Å². The van der Waals surface area contributed by atoms with Crippen LogP contribution < -0.4 is 10.5 Å². The Morgan fingerprint density at radius 3 is 2.67 bits per heavy atom. The Bertz CT molecular complexity index is 546. The van der Waals surface area contributed by atoms with E-state index in [1.807, 2.05) is 0 Å². The lowest BCUT2D eigenvalue weighted by Crippen LogP contribution is -2.30. The van der Waals surface area contributed by atoms with E-state index in [0.717, 1.165) is 0 Å². The third kappa shape index (κ3) is 2.80. The molecule has 1 saturated heterocycles. The van der Waals surface area contributed by atoms with Gasteiger partial charge in [0, 0.05) is 6.54 Å². The molecule has 100 valence electrons. The van der Waals surface area contributed by atoms with Crippen LogP contribution in [0.15, 0.2) is 18.2 Å². The van der Waals surface area contributed by atoms with Crippen molar-refractivity contribution >= 4 is 9.84 Å². The molecule has 1 aromatic rings. The van der Waals surface area contributed by atoms with Crippen molar-refractivity contribution in [3.05, 3.63) is 29.6 Å². The van der Waals surface area contributed by atoms with Crippen molar-refractivity contribution in [3.63, 3.8) is 0 Å². The van der Waals surface area contributed by atoms with Crippen molar-refractivity contribution in [3.8, 4) is 5.75 Å². The number of aliphatic hydroxyl groups is 1. The summed E-state index contributed by atoms with van der Waals surface area (Å²) in [7, 11) is -3.31. The van der Waals surface area contributed by atoms with E-state index in [2.05, 4.69) is 0 Å². The van der Waals surface area contributed by atoms with Crippen molar-refractivity contribution < 1.29 is 22.7 Å². The number of halogens is 1. The lowest BCUT2D eigenvalue weighted by Gasteiger charge is -2.16. The van der Waals surface area contributed by atoms with E-state index in [1.54, 1.807) is 6.07 Å². The summed E-state index contributed by atoms with van der Waals surface area (Å²) in [5.74, 6) is -1.34. The second-order valence-electron chi connectivity index (χ2n) is 4.27. The maximum Gasteiger partial charge on any atom is 0.165 e. The van der Waals surface area contributed by atoms with Crippen LogP contribution in [0.25, 0.3) is 0 Å². The predicted octanol–water partition coefficient (Wildman–Crippen LogP) is -0.179. The first-order valence-corrected chi connectivity index (χ1v) is 7.27.